The van der Waals surface area contributed by atoms with Gasteiger partial charge in [-0.05, 0) is 30.3 Å². The quantitative estimate of drug-likeness (QED) is 0.619. The molecule has 1 aliphatic rings. The lowest BCUT2D eigenvalue weighted by Gasteiger charge is -2.11. The van der Waals surface area contributed by atoms with Crippen molar-refractivity contribution in [3.63, 3.8) is 0 Å². The van der Waals surface area contributed by atoms with Crippen LogP contribution in [0.1, 0.15) is 0 Å². The Morgan fingerprint density at radius 2 is 1.93 bits per heavy atom. The first-order valence-electron chi connectivity index (χ1n) is 9.06. The molecule has 1 amide bonds. The van der Waals surface area contributed by atoms with E-state index in [0.717, 1.165) is 0 Å². The lowest BCUT2D eigenvalue weighted by molar-refractivity contribution is -0.142. The Morgan fingerprint density at radius 1 is 1.10 bits per heavy atom. The van der Waals surface area contributed by atoms with Gasteiger partial charge in [-0.2, -0.15) is 0 Å². The van der Waals surface area contributed by atoms with Gasteiger partial charge in [0, 0.05) is 23.3 Å². The number of hydrogen-bond acceptors (Lipinski definition) is 7. The van der Waals surface area contributed by atoms with E-state index in [1.807, 2.05) is 0 Å². The second-order valence-electron chi connectivity index (χ2n) is 6.45. The molecule has 154 valence electrons. The van der Waals surface area contributed by atoms with Crippen molar-refractivity contribution in [3.8, 4) is 17.2 Å². The number of ether oxygens (including phenoxy) is 4. The molecule has 0 spiro atoms. The molecule has 0 atom stereocenters. The number of carbonyl (C=O) groups is 2. The minimum absolute atomic E-state index is 0.143. The topological polar surface area (TPSA) is 105 Å². The predicted molar refractivity (Wildman–Crippen MR) is 107 cm³/mol. The largest absolute Gasteiger partial charge is 0.481 e. The maximum atomic E-state index is 12.8. The first-order chi connectivity index (χ1) is 14.5. The summed E-state index contributed by atoms with van der Waals surface area (Å²) in [6.45, 7) is -0.294. The van der Waals surface area contributed by atoms with Gasteiger partial charge >= 0.3 is 5.97 Å². The summed E-state index contributed by atoms with van der Waals surface area (Å²) in [6, 6.07) is 11.7. The second kappa shape index (κ2) is 8.16. The van der Waals surface area contributed by atoms with E-state index in [0.29, 0.717) is 33.7 Å². The number of fused-ring (bicyclic) bond motifs is 2. The standard InChI is InChI=1S/C21H18N2O7/c1-27-20(25)11-28-16-4-2-3-15-14(16)7-8-23(21(15)26)10-19(24)22-13-5-6-17-18(9-13)30-12-29-17/h2-9H,10-12H2,1H3,(H,22,24). The number of pyridine rings is 1. The van der Waals surface area contributed by atoms with Crippen molar-refractivity contribution in [3.05, 3.63) is 59.0 Å². The molecular weight excluding hydrogens is 392 g/mol. The Bertz CT molecular complexity index is 1190. The summed E-state index contributed by atoms with van der Waals surface area (Å²) in [5, 5.41) is 3.65. The molecule has 0 saturated heterocycles. The Balaban J connectivity index is 1.51. The molecule has 2 heterocycles. The lowest BCUT2D eigenvalue weighted by Crippen LogP contribution is -2.27. The van der Waals surface area contributed by atoms with Crippen molar-refractivity contribution in [1.82, 2.24) is 4.57 Å². The molecule has 1 aromatic heterocycles. The number of benzene rings is 2. The Labute approximate surface area is 170 Å². The van der Waals surface area contributed by atoms with Crippen LogP contribution in [-0.4, -0.2) is 37.0 Å². The van der Waals surface area contributed by atoms with E-state index in [1.54, 1.807) is 42.5 Å². The van der Waals surface area contributed by atoms with E-state index in [-0.39, 0.29) is 31.4 Å². The maximum absolute atomic E-state index is 12.8. The highest BCUT2D eigenvalue weighted by Gasteiger charge is 2.15. The zero-order valence-electron chi connectivity index (χ0n) is 16.0. The molecule has 9 heteroatoms. The molecule has 4 rings (SSSR count). The third kappa shape index (κ3) is 3.90. The first-order valence-corrected chi connectivity index (χ1v) is 9.06. The van der Waals surface area contributed by atoms with Crippen LogP contribution in [0, 0.1) is 0 Å². The lowest BCUT2D eigenvalue weighted by atomic mass is 10.1. The third-order valence-electron chi connectivity index (χ3n) is 4.52. The fourth-order valence-electron chi connectivity index (χ4n) is 3.06. The van der Waals surface area contributed by atoms with Crippen molar-refractivity contribution in [2.45, 2.75) is 6.54 Å². The molecule has 0 radical (unpaired) electrons. The number of carbonyl (C=O) groups excluding carboxylic acids is 2. The number of anilines is 1. The summed E-state index contributed by atoms with van der Waals surface area (Å²) >= 11 is 0. The molecule has 0 fully saturated rings. The van der Waals surface area contributed by atoms with Crippen molar-refractivity contribution in [1.29, 1.82) is 0 Å². The average molecular weight is 410 g/mol. The van der Waals surface area contributed by atoms with Gasteiger partial charge in [-0.1, -0.05) is 6.07 Å². The smallest absolute Gasteiger partial charge is 0.343 e. The number of esters is 1. The molecule has 3 aromatic rings. The third-order valence-corrected chi connectivity index (χ3v) is 4.52. The van der Waals surface area contributed by atoms with Crippen molar-refractivity contribution < 1.29 is 28.5 Å². The minimum atomic E-state index is -0.527. The van der Waals surface area contributed by atoms with Crippen LogP contribution in [0.5, 0.6) is 17.2 Å². The highest BCUT2D eigenvalue weighted by Crippen LogP contribution is 2.34. The summed E-state index contributed by atoms with van der Waals surface area (Å²) in [5.74, 6) is 0.653. The highest BCUT2D eigenvalue weighted by atomic mass is 16.7. The van der Waals surface area contributed by atoms with E-state index in [4.69, 9.17) is 14.2 Å². The van der Waals surface area contributed by atoms with Gasteiger partial charge < -0.3 is 28.8 Å². The first kappa shape index (κ1) is 19.3. The Hall–Kier alpha value is -4.01. The maximum Gasteiger partial charge on any atom is 0.343 e. The number of hydrogen-bond donors (Lipinski definition) is 1. The fraction of sp³-hybridized carbons (Fsp3) is 0.190. The molecule has 0 unspecified atom stereocenters. The van der Waals surface area contributed by atoms with Crippen molar-refractivity contribution in [2.75, 3.05) is 25.8 Å². The molecular formula is C21H18N2O7. The summed E-state index contributed by atoms with van der Waals surface area (Å²) in [5.41, 5.74) is 0.188. The summed E-state index contributed by atoms with van der Waals surface area (Å²) in [4.78, 5) is 36.5. The van der Waals surface area contributed by atoms with Crippen LogP contribution in [0.4, 0.5) is 5.69 Å². The van der Waals surface area contributed by atoms with Gasteiger partial charge in [-0.25, -0.2) is 4.79 Å². The van der Waals surface area contributed by atoms with E-state index >= 15 is 0 Å². The number of rotatable bonds is 6. The molecule has 1 aliphatic heterocycles. The Morgan fingerprint density at radius 3 is 2.77 bits per heavy atom. The predicted octanol–water partition coefficient (Wildman–Crippen LogP) is 1.92. The van der Waals surface area contributed by atoms with Gasteiger partial charge in [-0.15, -0.1) is 0 Å². The molecule has 0 aliphatic carbocycles. The van der Waals surface area contributed by atoms with Gasteiger partial charge in [0.15, 0.2) is 18.1 Å². The van der Waals surface area contributed by atoms with Crippen molar-refractivity contribution >= 4 is 28.3 Å². The van der Waals surface area contributed by atoms with E-state index in [2.05, 4.69) is 10.1 Å². The van der Waals surface area contributed by atoms with Gasteiger partial charge in [0.25, 0.3) is 5.56 Å². The highest BCUT2D eigenvalue weighted by molar-refractivity contribution is 5.92. The number of nitrogens with zero attached hydrogens (tertiary/aromatic N) is 1. The van der Waals surface area contributed by atoms with Crippen molar-refractivity contribution in [2.24, 2.45) is 0 Å². The van der Waals surface area contributed by atoms with E-state index in [1.165, 1.54) is 17.9 Å². The zero-order chi connectivity index (χ0) is 21.1. The molecule has 0 saturated carbocycles. The van der Waals surface area contributed by atoms with E-state index < -0.39 is 5.97 Å². The summed E-state index contributed by atoms with van der Waals surface area (Å²) in [7, 11) is 1.27. The fourth-order valence-corrected chi connectivity index (χ4v) is 3.06. The van der Waals surface area contributed by atoms with Gasteiger partial charge in [0.2, 0.25) is 12.7 Å². The van der Waals surface area contributed by atoms with Gasteiger partial charge in [0.1, 0.15) is 12.3 Å². The molecule has 1 N–H and O–H groups in total. The van der Waals surface area contributed by atoms with Crippen LogP contribution in [0.15, 0.2) is 53.5 Å². The number of amides is 1. The van der Waals surface area contributed by atoms with E-state index in [9.17, 15) is 14.4 Å². The van der Waals surface area contributed by atoms with Crippen LogP contribution >= 0.6 is 0 Å². The van der Waals surface area contributed by atoms with Crippen LogP contribution in [0.25, 0.3) is 10.8 Å². The van der Waals surface area contributed by atoms with Crippen LogP contribution in [-0.2, 0) is 20.9 Å². The molecule has 30 heavy (non-hydrogen) atoms. The monoisotopic (exact) mass is 410 g/mol. The van der Waals surface area contributed by atoms with Gasteiger partial charge in [0.05, 0.1) is 12.5 Å². The molecule has 9 nitrogen and oxygen atoms in total. The average Bonchev–Trinajstić information content (AvgIpc) is 3.22. The number of aromatic nitrogens is 1. The second-order valence-corrected chi connectivity index (χ2v) is 6.45. The molecule has 2 aromatic carbocycles. The molecule has 0 bridgehead atoms. The summed E-state index contributed by atoms with van der Waals surface area (Å²) < 4.78 is 21.8. The zero-order valence-corrected chi connectivity index (χ0v) is 16.0. The Kier molecular flexibility index (Phi) is 5.25. The number of nitrogens with one attached hydrogen (secondary N) is 1. The SMILES string of the molecule is COC(=O)COc1cccc2c(=O)n(CC(=O)Nc3ccc4c(c3)OCO4)ccc12. The van der Waals surface area contributed by atoms with Crippen LogP contribution in [0.2, 0.25) is 0 Å². The van der Waals surface area contributed by atoms with Gasteiger partial charge in [-0.3, -0.25) is 9.59 Å². The normalized spacial score (nSPS) is 11.9. The summed E-state index contributed by atoms with van der Waals surface area (Å²) in [6.07, 6.45) is 1.51. The van der Waals surface area contributed by atoms with Crippen LogP contribution in [0.3, 0.4) is 0 Å². The number of methoxy groups -OCH3 is 1. The van der Waals surface area contributed by atoms with Crippen LogP contribution < -0.4 is 25.1 Å². The minimum Gasteiger partial charge on any atom is -0.481 e.